The summed E-state index contributed by atoms with van der Waals surface area (Å²) in [5.41, 5.74) is 5.13. The van der Waals surface area contributed by atoms with E-state index in [1.807, 2.05) is 30.3 Å². The lowest BCUT2D eigenvalue weighted by molar-refractivity contribution is -0.137. The van der Waals surface area contributed by atoms with Crippen LogP contribution in [0.5, 0.6) is 5.75 Å². The van der Waals surface area contributed by atoms with Crippen molar-refractivity contribution in [2.75, 3.05) is 31.1 Å². The highest BCUT2D eigenvalue weighted by Crippen LogP contribution is 2.28. The number of benzene rings is 3. The molecule has 0 saturated carbocycles. The molecule has 2 amide bonds. The summed E-state index contributed by atoms with van der Waals surface area (Å²) in [5.74, 6) is 0.670. The average molecular weight is 484 g/mol. The fraction of sp³-hybridized carbons (Fsp3) is 0.333. The molecule has 2 aliphatic heterocycles. The Morgan fingerprint density at radius 2 is 1.53 bits per heavy atom. The number of piperidine rings is 1. The van der Waals surface area contributed by atoms with Gasteiger partial charge < -0.3 is 19.9 Å². The number of ether oxygens (including phenoxy) is 1. The van der Waals surface area contributed by atoms with Crippen LogP contribution in [0.2, 0.25) is 0 Å². The van der Waals surface area contributed by atoms with Crippen molar-refractivity contribution in [2.45, 2.75) is 32.4 Å². The zero-order valence-electron chi connectivity index (χ0n) is 20.6. The molecule has 3 aromatic rings. The number of para-hydroxylation sites is 2. The van der Waals surface area contributed by atoms with E-state index in [1.54, 1.807) is 4.90 Å². The first kappa shape index (κ1) is 23.9. The zero-order valence-corrected chi connectivity index (χ0v) is 20.6. The Bertz CT molecular complexity index is 1170. The number of fused-ring (bicyclic) bond motifs is 1. The minimum absolute atomic E-state index is 0.0289. The number of rotatable bonds is 8. The van der Waals surface area contributed by atoms with Gasteiger partial charge in [0, 0.05) is 44.3 Å². The van der Waals surface area contributed by atoms with Gasteiger partial charge in [0.05, 0.1) is 0 Å². The van der Waals surface area contributed by atoms with E-state index in [0.717, 1.165) is 25.1 Å². The lowest BCUT2D eigenvalue weighted by Crippen LogP contribution is -2.44. The molecule has 2 heterocycles. The molecule has 0 bridgehead atoms. The van der Waals surface area contributed by atoms with Gasteiger partial charge in [-0.3, -0.25) is 9.59 Å². The first-order valence-corrected chi connectivity index (χ1v) is 12.8. The van der Waals surface area contributed by atoms with E-state index in [2.05, 4.69) is 58.7 Å². The van der Waals surface area contributed by atoms with Crippen LogP contribution >= 0.6 is 0 Å². The second-order valence-corrected chi connectivity index (χ2v) is 9.59. The molecule has 0 radical (unpaired) electrons. The first-order valence-electron chi connectivity index (χ1n) is 12.8. The maximum absolute atomic E-state index is 12.7. The molecule has 1 N–H and O–H groups in total. The van der Waals surface area contributed by atoms with Crippen molar-refractivity contribution >= 4 is 17.5 Å². The fourth-order valence-corrected chi connectivity index (χ4v) is 5.03. The van der Waals surface area contributed by atoms with E-state index in [4.69, 9.17) is 4.74 Å². The number of likely N-dealkylation sites (tertiary alicyclic amines) is 1. The van der Waals surface area contributed by atoms with Gasteiger partial charge in [-0.15, -0.1) is 0 Å². The van der Waals surface area contributed by atoms with Gasteiger partial charge in [0.2, 0.25) is 5.91 Å². The highest BCUT2D eigenvalue weighted by molar-refractivity contribution is 5.80. The van der Waals surface area contributed by atoms with Crippen LogP contribution in [0.1, 0.15) is 29.5 Å². The average Bonchev–Trinajstić information content (AvgIpc) is 3.34. The molecule has 2 aliphatic rings. The first-order chi connectivity index (χ1) is 17.7. The number of hydrogen-bond acceptors (Lipinski definition) is 4. The van der Waals surface area contributed by atoms with E-state index >= 15 is 0 Å². The van der Waals surface area contributed by atoms with Crippen molar-refractivity contribution in [3.8, 4) is 5.75 Å². The molecule has 36 heavy (non-hydrogen) atoms. The van der Waals surface area contributed by atoms with Gasteiger partial charge in [0.25, 0.3) is 5.91 Å². The van der Waals surface area contributed by atoms with Crippen molar-refractivity contribution in [3.63, 3.8) is 0 Å². The lowest BCUT2D eigenvalue weighted by Gasteiger charge is -2.31. The van der Waals surface area contributed by atoms with Gasteiger partial charge in [-0.1, -0.05) is 60.7 Å². The highest BCUT2D eigenvalue weighted by atomic mass is 16.5. The van der Waals surface area contributed by atoms with E-state index in [9.17, 15) is 9.59 Å². The number of nitrogens with one attached hydrogen (secondary N) is 1. The summed E-state index contributed by atoms with van der Waals surface area (Å²) in [6.07, 6.45) is 2.47. The lowest BCUT2D eigenvalue weighted by atomic mass is 9.95. The summed E-state index contributed by atoms with van der Waals surface area (Å²) in [6, 6.07) is 26.5. The molecule has 0 spiro atoms. The Labute approximate surface area is 212 Å². The van der Waals surface area contributed by atoms with Crippen LogP contribution < -0.4 is 15.0 Å². The van der Waals surface area contributed by atoms with Crippen molar-refractivity contribution < 1.29 is 14.3 Å². The van der Waals surface area contributed by atoms with E-state index in [1.165, 1.54) is 16.8 Å². The molecule has 186 valence electrons. The third-order valence-electron chi connectivity index (χ3n) is 7.17. The molecule has 0 unspecified atom stereocenters. The van der Waals surface area contributed by atoms with Crippen molar-refractivity contribution in [3.05, 3.63) is 95.6 Å². The summed E-state index contributed by atoms with van der Waals surface area (Å²) in [5, 5.41) is 3.09. The van der Waals surface area contributed by atoms with Crippen LogP contribution in [0.4, 0.5) is 5.69 Å². The smallest absolute Gasteiger partial charge is 0.260 e. The second-order valence-electron chi connectivity index (χ2n) is 9.59. The molecule has 5 rings (SSSR count). The summed E-state index contributed by atoms with van der Waals surface area (Å²) in [6.45, 7) is 3.68. The Balaban J connectivity index is 1.03. The SMILES string of the molecule is O=C(NCc1ccc(CN2CCc3ccccc32)cc1)C1CCN(C(=O)COc2ccccc2)CC1. The Morgan fingerprint density at radius 3 is 2.31 bits per heavy atom. The molecule has 0 aliphatic carbocycles. The van der Waals surface area contributed by atoms with Crippen molar-refractivity contribution in [1.82, 2.24) is 10.2 Å². The third-order valence-corrected chi connectivity index (χ3v) is 7.17. The molecule has 3 aromatic carbocycles. The third kappa shape index (κ3) is 5.88. The summed E-state index contributed by atoms with van der Waals surface area (Å²) < 4.78 is 5.57. The standard InChI is InChI=1S/C30H33N3O3/c34-29(22-36-27-7-2-1-3-8-27)32-17-15-26(16-18-32)30(35)31-20-23-10-12-24(13-11-23)21-33-19-14-25-6-4-5-9-28(25)33/h1-13,26H,14-22H2,(H,31,35). The van der Waals surface area contributed by atoms with E-state index in [0.29, 0.717) is 38.2 Å². The topological polar surface area (TPSA) is 61.9 Å². The van der Waals surface area contributed by atoms with Crippen molar-refractivity contribution in [1.29, 1.82) is 0 Å². The van der Waals surface area contributed by atoms with Crippen LogP contribution in [0, 0.1) is 5.92 Å². The largest absolute Gasteiger partial charge is 0.484 e. The zero-order chi connectivity index (χ0) is 24.7. The molecular weight excluding hydrogens is 450 g/mol. The van der Waals surface area contributed by atoms with E-state index < -0.39 is 0 Å². The minimum Gasteiger partial charge on any atom is -0.484 e. The Hall–Kier alpha value is -3.80. The molecule has 0 atom stereocenters. The van der Waals surface area contributed by atoms with Crippen LogP contribution in [-0.4, -0.2) is 43.0 Å². The number of nitrogens with zero attached hydrogens (tertiary/aromatic N) is 2. The van der Waals surface area contributed by atoms with Crippen LogP contribution in [-0.2, 0) is 29.1 Å². The normalized spacial score (nSPS) is 15.4. The molecule has 1 fully saturated rings. The molecule has 0 aromatic heterocycles. The van der Waals surface area contributed by atoms with Gasteiger partial charge in [0.1, 0.15) is 5.75 Å². The van der Waals surface area contributed by atoms with Gasteiger partial charge >= 0.3 is 0 Å². The molecule has 6 heteroatoms. The summed E-state index contributed by atoms with van der Waals surface area (Å²) >= 11 is 0. The molecular formula is C30H33N3O3. The predicted molar refractivity (Wildman–Crippen MR) is 141 cm³/mol. The van der Waals surface area contributed by atoms with Crippen LogP contribution in [0.15, 0.2) is 78.9 Å². The van der Waals surface area contributed by atoms with E-state index in [-0.39, 0.29) is 24.3 Å². The Morgan fingerprint density at radius 1 is 0.833 bits per heavy atom. The minimum atomic E-state index is -0.0569. The second kappa shape index (κ2) is 11.3. The highest BCUT2D eigenvalue weighted by Gasteiger charge is 2.27. The number of hydrogen-bond donors (Lipinski definition) is 1. The quantitative estimate of drug-likeness (QED) is 0.522. The summed E-state index contributed by atoms with van der Waals surface area (Å²) in [4.78, 5) is 29.4. The van der Waals surface area contributed by atoms with Crippen LogP contribution in [0.3, 0.4) is 0 Å². The van der Waals surface area contributed by atoms with Crippen LogP contribution in [0.25, 0.3) is 0 Å². The van der Waals surface area contributed by atoms with Gasteiger partial charge in [-0.2, -0.15) is 0 Å². The monoisotopic (exact) mass is 483 g/mol. The summed E-state index contributed by atoms with van der Waals surface area (Å²) in [7, 11) is 0. The maximum atomic E-state index is 12.7. The molecule has 6 nitrogen and oxygen atoms in total. The number of amides is 2. The Kier molecular flexibility index (Phi) is 7.50. The maximum Gasteiger partial charge on any atom is 0.260 e. The number of carbonyl (C=O) groups is 2. The molecule has 1 saturated heterocycles. The van der Waals surface area contributed by atoms with Crippen molar-refractivity contribution in [2.24, 2.45) is 5.92 Å². The fourth-order valence-electron chi connectivity index (χ4n) is 5.03. The van der Waals surface area contributed by atoms with Gasteiger partial charge in [0.15, 0.2) is 6.61 Å². The predicted octanol–water partition coefficient (Wildman–Crippen LogP) is 4.18. The van der Waals surface area contributed by atoms with Gasteiger partial charge in [-0.25, -0.2) is 0 Å². The number of carbonyl (C=O) groups excluding carboxylic acids is 2. The number of anilines is 1. The van der Waals surface area contributed by atoms with Gasteiger partial charge in [-0.05, 0) is 54.2 Å².